The summed E-state index contributed by atoms with van der Waals surface area (Å²) < 4.78 is 40.0. The Hall–Kier alpha value is -3.78. The van der Waals surface area contributed by atoms with E-state index in [0.717, 1.165) is 6.07 Å². The van der Waals surface area contributed by atoms with Crippen LogP contribution in [0, 0.1) is 34.8 Å². The second kappa shape index (κ2) is 14.4. The van der Waals surface area contributed by atoms with Crippen LogP contribution in [0.4, 0.5) is 8.78 Å². The SMILES string of the molecule is C#N.CC.COCCOc1ccc(C#N)c(-c2cc(C(=O)c3ccccc3)cc(F)c2Cl)c1F. The summed E-state index contributed by atoms with van der Waals surface area (Å²) in [6, 6.07) is 15.0. The summed E-state index contributed by atoms with van der Waals surface area (Å²) in [6.45, 7) is 7.80. The first-order chi connectivity index (χ1) is 16.5. The third-order valence-electron chi connectivity index (χ3n) is 4.37. The maximum Gasteiger partial charge on any atom is 0.193 e. The van der Waals surface area contributed by atoms with Crippen molar-refractivity contribution in [2.75, 3.05) is 20.3 Å². The zero-order valence-corrected chi connectivity index (χ0v) is 19.7. The van der Waals surface area contributed by atoms with E-state index in [2.05, 4.69) is 6.57 Å². The minimum Gasteiger partial charge on any atom is -0.488 e. The van der Waals surface area contributed by atoms with Crippen LogP contribution in [0.15, 0.2) is 54.6 Å². The van der Waals surface area contributed by atoms with Gasteiger partial charge >= 0.3 is 0 Å². The van der Waals surface area contributed by atoms with Crippen LogP contribution in [-0.2, 0) is 4.74 Å². The zero-order chi connectivity index (χ0) is 25.7. The third kappa shape index (κ3) is 6.62. The molecular formula is C26H23ClF2N2O3. The maximum atomic E-state index is 15.2. The number of nitrogens with zero attached hydrogens (tertiary/aromatic N) is 2. The first-order valence-corrected chi connectivity index (χ1v) is 10.5. The van der Waals surface area contributed by atoms with E-state index in [-0.39, 0.29) is 41.2 Å². The molecule has 0 spiro atoms. The zero-order valence-electron chi connectivity index (χ0n) is 18.9. The number of ether oxygens (including phenoxy) is 2. The number of methoxy groups -OCH3 is 1. The van der Waals surface area contributed by atoms with Crippen molar-refractivity contribution in [3.63, 3.8) is 0 Å². The Morgan fingerprint density at radius 1 is 1.03 bits per heavy atom. The molecule has 0 aliphatic heterocycles. The molecule has 0 N–H and O–H groups in total. The van der Waals surface area contributed by atoms with Crippen molar-refractivity contribution in [1.82, 2.24) is 0 Å². The van der Waals surface area contributed by atoms with Gasteiger partial charge < -0.3 is 9.47 Å². The second-order valence-corrected chi connectivity index (χ2v) is 6.65. The fourth-order valence-electron chi connectivity index (χ4n) is 2.92. The van der Waals surface area contributed by atoms with E-state index in [1.807, 2.05) is 19.9 Å². The summed E-state index contributed by atoms with van der Waals surface area (Å²) in [6.07, 6.45) is 0. The van der Waals surface area contributed by atoms with Crippen LogP contribution < -0.4 is 4.74 Å². The van der Waals surface area contributed by atoms with Crippen LogP contribution in [-0.4, -0.2) is 26.1 Å². The molecule has 0 amide bonds. The molecule has 0 bridgehead atoms. The highest BCUT2D eigenvalue weighted by Gasteiger charge is 2.23. The van der Waals surface area contributed by atoms with Gasteiger partial charge in [0.1, 0.15) is 12.4 Å². The first kappa shape index (κ1) is 28.3. The minimum atomic E-state index is -0.901. The van der Waals surface area contributed by atoms with Crippen LogP contribution in [0.25, 0.3) is 11.1 Å². The number of nitriles is 2. The molecule has 3 aromatic carbocycles. The van der Waals surface area contributed by atoms with Crippen molar-refractivity contribution in [3.05, 3.63) is 87.9 Å². The maximum absolute atomic E-state index is 15.2. The number of benzene rings is 3. The van der Waals surface area contributed by atoms with Gasteiger partial charge in [0, 0.05) is 35.9 Å². The minimum absolute atomic E-state index is 0.0212. The van der Waals surface area contributed by atoms with E-state index in [1.54, 1.807) is 30.3 Å². The molecule has 0 fully saturated rings. The van der Waals surface area contributed by atoms with Gasteiger partial charge in [0.05, 0.1) is 23.3 Å². The highest BCUT2D eigenvalue weighted by molar-refractivity contribution is 6.34. The van der Waals surface area contributed by atoms with Crippen molar-refractivity contribution in [2.24, 2.45) is 0 Å². The smallest absolute Gasteiger partial charge is 0.193 e. The number of halogens is 3. The van der Waals surface area contributed by atoms with Gasteiger partial charge in [-0.3, -0.25) is 4.79 Å². The molecule has 0 aliphatic rings. The molecule has 5 nitrogen and oxygen atoms in total. The summed E-state index contributed by atoms with van der Waals surface area (Å²) in [5.74, 6) is -2.38. The fourth-order valence-corrected chi connectivity index (χ4v) is 3.12. The van der Waals surface area contributed by atoms with Crippen molar-refractivity contribution in [2.45, 2.75) is 13.8 Å². The molecule has 34 heavy (non-hydrogen) atoms. The van der Waals surface area contributed by atoms with Gasteiger partial charge in [-0.2, -0.15) is 5.26 Å². The predicted octanol–water partition coefficient (Wildman–Crippen LogP) is 6.58. The van der Waals surface area contributed by atoms with Crippen molar-refractivity contribution < 1.29 is 23.0 Å². The second-order valence-electron chi connectivity index (χ2n) is 6.27. The van der Waals surface area contributed by atoms with Crippen molar-refractivity contribution in [1.29, 1.82) is 10.5 Å². The highest BCUT2D eigenvalue weighted by Crippen LogP contribution is 2.38. The Morgan fingerprint density at radius 2 is 1.68 bits per heavy atom. The van der Waals surface area contributed by atoms with Crippen LogP contribution in [0.1, 0.15) is 35.3 Å². The molecule has 3 rings (SSSR count). The molecule has 8 heteroatoms. The number of rotatable bonds is 7. The monoisotopic (exact) mass is 484 g/mol. The van der Waals surface area contributed by atoms with Crippen LogP contribution in [0.2, 0.25) is 5.02 Å². The molecule has 0 heterocycles. The highest BCUT2D eigenvalue weighted by atomic mass is 35.5. The Kier molecular flexibility index (Phi) is 12.0. The van der Waals surface area contributed by atoms with Gasteiger partial charge in [-0.15, -0.1) is 0 Å². The first-order valence-electron chi connectivity index (χ1n) is 10.2. The number of hydrogen-bond acceptors (Lipinski definition) is 5. The van der Waals surface area contributed by atoms with Gasteiger partial charge in [-0.1, -0.05) is 55.8 Å². The predicted molar refractivity (Wildman–Crippen MR) is 127 cm³/mol. The van der Waals surface area contributed by atoms with E-state index in [4.69, 9.17) is 26.3 Å². The van der Waals surface area contributed by atoms with Gasteiger partial charge in [-0.25, -0.2) is 14.0 Å². The molecule has 0 unspecified atom stereocenters. The molecular weight excluding hydrogens is 462 g/mol. The average Bonchev–Trinajstić information content (AvgIpc) is 2.89. The molecule has 0 aromatic heterocycles. The van der Waals surface area contributed by atoms with Crippen molar-refractivity contribution in [3.8, 4) is 29.5 Å². The summed E-state index contributed by atoms with van der Waals surface area (Å²) in [4.78, 5) is 12.8. The largest absolute Gasteiger partial charge is 0.488 e. The van der Waals surface area contributed by atoms with Gasteiger partial charge in [0.25, 0.3) is 0 Å². The molecule has 0 aliphatic carbocycles. The molecule has 0 saturated heterocycles. The van der Waals surface area contributed by atoms with Gasteiger partial charge in [-0.05, 0) is 24.3 Å². The number of hydrogen-bond donors (Lipinski definition) is 0. The fraction of sp³-hybridized carbons (Fsp3) is 0.192. The lowest BCUT2D eigenvalue weighted by Gasteiger charge is -2.14. The van der Waals surface area contributed by atoms with E-state index < -0.39 is 22.4 Å². The summed E-state index contributed by atoms with van der Waals surface area (Å²) in [5, 5.41) is 15.5. The third-order valence-corrected chi connectivity index (χ3v) is 4.75. The lowest BCUT2D eigenvalue weighted by atomic mass is 9.94. The average molecular weight is 485 g/mol. The number of carbonyl (C=O) groups excluding carboxylic acids is 1. The molecule has 0 atom stereocenters. The van der Waals surface area contributed by atoms with E-state index >= 15 is 4.39 Å². The van der Waals surface area contributed by atoms with Crippen LogP contribution in [0.5, 0.6) is 5.75 Å². The normalized spacial score (nSPS) is 9.50. The summed E-state index contributed by atoms with van der Waals surface area (Å²) in [5.41, 5.74) is -0.103. The topological polar surface area (TPSA) is 83.1 Å². The molecule has 0 saturated carbocycles. The Bertz CT molecular complexity index is 1180. The van der Waals surface area contributed by atoms with E-state index in [9.17, 15) is 14.4 Å². The lowest BCUT2D eigenvalue weighted by Crippen LogP contribution is -2.07. The van der Waals surface area contributed by atoms with Crippen LogP contribution in [0.3, 0.4) is 0 Å². The summed E-state index contributed by atoms with van der Waals surface area (Å²) in [7, 11) is 1.47. The standard InChI is InChI=1S/C23H16ClF2NO3.C2H6.CHN/c1-29-9-10-30-19-8-7-15(13-27)20(22(19)26)17-11-16(12-18(25)21(17)24)23(28)14-5-3-2-4-6-14;2*1-2/h2-8,11-12H,9-10H2,1H3;1-2H3;1H. The van der Waals surface area contributed by atoms with Gasteiger partial charge in [0.15, 0.2) is 17.3 Å². The Balaban J connectivity index is 0.00000137. The van der Waals surface area contributed by atoms with E-state index in [0.29, 0.717) is 5.56 Å². The lowest BCUT2D eigenvalue weighted by molar-refractivity contribution is 0.103. The number of carbonyl (C=O) groups is 1. The quantitative estimate of drug-likeness (QED) is 0.279. The van der Waals surface area contributed by atoms with E-state index in [1.165, 1.54) is 25.3 Å². The van der Waals surface area contributed by atoms with Crippen LogP contribution >= 0.6 is 11.6 Å². The van der Waals surface area contributed by atoms with Crippen molar-refractivity contribution >= 4 is 17.4 Å². The molecule has 0 radical (unpaired) electrons. The Morgan fingerprint density at radius 3 is 2.26 bits per heavy atom. The summed E-state index contributed by atoms with van der Waals surface area (Å²) >= 11 is 6.11. The van der Waals surface area contributed by atoms with Gasteiger partial charge in [0.2, 0.25) is 0 Å². The Labute approximate surface area is 202 Å². The number of ketones is 1. The molecule has 3 aromatic rings. The molecule has 176 valence electrons.